The highest BCUT2D eigenvalue weighted by Gasteiger charge is 2.32. The number of rotatable bonds is 0. The number of nitrogens with zero attached hydrogens (tertiary/aromatic N) is 1. The van der Waals surface area contributed by atoms with Crippen LogP contribution in [-0.4, -0.2) is 4.98 Å². The van der Waals surface area contributed by atoms with Gasteiger partial charge in [-0.1, -0.05) is 0 Å². The second-order valence-electron chi connectivity index (χ2n) is 2.21. The van der Waals surface area contributed by atoms with E-state index in [9.17, 15) is 13.2 Å². The van der Waals surface area contributed by atoms with Gasteiger partial charge < -0.3 is 5.73 Å². The molecule has 0 spiro atoms. The predicted molar refractivity (Wildman–Crippen MR) is 38.4 cm³/mol. The molecule has 0 aromatic carbocycles. The van der Waals surface area contributed by atoms with Gasteiger partial charge in [-0.15, -0.1) is 0 Å². The fourth-order valence-corrected chi connectivity index (χ4v) is 0.758. The van der Waals surface area contributed by atoms with Gasteiger partial charge in [0.2, 0.25) is 0 Å². The molecule has 0 aliphatic heterocycles. The van der Waals surface area contributed by atoms with Crippen molar-refractivity contribution >= 4 is 5.82 Å². The summed E-state index contributed by atoms with van der Waals surface area (Å²) in [6.45, 7) is 1.11. The Morgan fingerprint density at radius 1 is 1.50 bits per heavy atom. The molecule has 2 N–H and O–H groups in total. The molecule has 2 nitrogen and oxygen atoms in total. The lowest BCUT2D eigenvalue weighted by atomic mass is 10.2. The van der Waals surface area contributed by atoms with E-state index < -0.39 is 23.8 Å². The summed E-state index contributed by atoms with van der Waals surface area (Å²) in [6.07, 6.45) is -4.67. The maximum absolute atomic E-state index is 12.3. The van der Waals surface area contributed by atoms with E-state index in [2.05, 4.69) is 4.98 Å². The highest BCUT2D eigenvalue weighted by molar-refractivity contribution is 5.34. The number of hydrogen-bond donors (Lipinski definition) is 1. The molecule has 12 heavy (non-hydrogen) atoms. The fourth-order valence-electron chi connectivity index (χ4n) is 0.758. The zero-order valence-electron chi connectivity index (χ0n) is 8.16. The molecule has 0 radical (unpaired) electrons. The summed E-state index contributed by atoms with van der Waals surface area (Å²) in [4.78, 5) is 3.35. The summed E-state index contributed by atoms with van der Waals surface area (Å²) in [5, 5.41) is 0. The van der Waals surface area contributed by atoms with Crippen LogP contribution < -0.4 is 5.73 Å². The minimum Gasteiger partial charge on any atom is -0.384 e. The van der Waals surface area contributed by atoms with Crippen molar-refractivity contribution in [2.75, 3.05) is 5.73 Å². The van der Waals surface area contributed by atoms with Crippen molar-refractivity contribution < 1.29 is 15.9 Å². The molecular formula is C7H7F3N2. The van der Waals surface area contributed by atoms with E-state index in [0.717, 1.165) is 6.92 Å². The van der Waals surface area contributed by atoms with Gasteiger partial charge in [0.05, 0.1) is 14.0 Å². The van der Waals surface area contributed by atoms with Gasteiger partial charge in [-0.2, -0.15) is 13.2 Å². The Hall–Kier alpha value is -1.26. The average molecular weight is 178 g/mol. The third-order valence-electron chi connectivity index (χ3n) is 1.25. The smallest absolute Gasteiger partial charge is 0.384 e. The number of pyridine rings is 1. The van der Waals surface area contributed by atoms with Crippen molar-refractivity contribution in [2.24, 2.45) is 0 Å². The van der Waals surface area contributed by atoms with E-state index in [0.29, 0.717) is 0 Å². The van der Waals surface area contributed by atoms with Crippen LogP contribution in [0.5, 0.6) is 0 Å². The number of hydrogen-bond acceptors (Lipinski definition) is 2. The number of alkyl halides is 3. The third-order valence-corrected chi connectivity index (χ3v) is 1.25. The Morgan fingerprint density at radius 2 is 2.08 bits per heavy atom. The second kappa shape index (κ2) is 2.66. The fraction of sp³-hybridized carbons (Fsp3) is 0.286. The van der Waals surface area contributed by atoms with Crippen molar-refractivity contribution in [1.29, 1.82) is 0 Å². The van der Waals surface area contributed by atoms with Crippen LogP contribution >= 0.6 is 0 Å². The molecule has 0 aliphatic rings. The van der Waals surface area contributed by atoms with Crippen molar-refractivity contribution in [3.05, 3.63) is 23.3 Å². The molecule has 0 atom stereocenters. The molecule has 0 fully saturated rings. The molecule has 0 saturated carbocycles. The molecular weight excluding hydrogens is 169 g/mol. The van der Waals surface area contributed by atoms with E-state index in [1.807, 2.05) is 0 Å². The lowest BCUT2D eigenvalue weighted by molar-refractivity contribution is -0.138. The van der Waals surface area contributed by atoms with Gasteiger partial charge in [-0.05, 0) is 19.0 Å². The monoisotopic (exact) mass is 178 g/mol. The summed E-state index contributed by atoms with van der Waals surface area (Å²) in [5.74, 6) is -0.361. The Bertz CT molecular complexity index is 376. The van der Waals surface area contributed by atoms with Crippen LogP contribution in [0.4, 0.5) is 19.0 Å². The Kier molecular flexibility index (Phi) is 1.39. The van der Waals surface area contributed by atoms with Crippen molar-refractivity contribution in [2.45, 2.75) is 13.1 Å². The van der Waals surface area contributed by atoms with E-state index >= 15 is 0 Å². The Balaban J connectivity index is 3.53. The highest BCUT2D eigenvalue weighted by atomic mass is 19.4. The first kappa shape index (κ1) is 6.28. The molecule has 0 unspecified atom stereocenters. The first-order valence-electron chi connectivity index (χ1n) is 4.05. The van der Waals surface area contributed by atoms with E-state index in [-0.39, 0.29) is 11.5 Å². The predicted octanol–water partition coefficient (Wildman–Crippen LogP) is 1.99. The van der Waals surface area contributed by atoms with E-state index in [1.165, 1.54) is 0 Å². The average Bonchev–Trinajstić information content (AvgIpc) is 1.97. The zero-order valence-corrected chi connectivity index (χ0v) is 6.16. The minimum absolute atomic E-state index is 0.361. The molecule has 1 rings (SSSR count). The number of nitrogens with two attached hydrogens (primary N) is 1. The van der Waals surface area contributed by atoms with Gasteiger partial charge in [0.1, 0.15) is 5.82 Å². The molecule has 1 aromatic rings. The summed E-state index contributed by atoms with van der Waals surface area (Å²) < 4.78 is 51.2. The summed E-state index contributed by atoms with van der Waals surface area (Å²) >= 11 is 0. The molecule has 1 aromatic heterocycles. The Morgan fingerprint density at radius 3 is 2.58 bits per heavy atom. The van der Waals surface area contributed by atoms with Gasteiger partial charge in [-0.3, -0.25) is 0 Å². The topological polar surface area (TPSA) is 38.9 Å². The van der Waals surface area contributed by atoms with Gasteiger partial charge in [0.25, 0.3) is 0 Å². The van der Waals surface area contributed by atoms with Gasteiger partial charge in [0.15, 0.2) is 0 Å². The third kappa shape index (κ3) is 1.66. The normalized spacial score (nSPS) is 14.0. The first-order valence-corrected chi connectivity index (χ1v) is 3.05. The maximum Gasteiger partial charge on any atom is 0.418 e. The molecule has 0 saturated heterocycles. The number of nitrogen functional groups attached to an aromatic ring is 1. The number of aryl methyl sites for hydroxylation is 1. The SMILES string of the molecule is [2H]c1c(N)nc(C)c(C(F)(F)F)c1[2H]. The van der Waals surface area contributed by atoms with Crippen LogP contribution in [0, 0.1) is 6.92 Å². The standard InChI is InChI=1S/C7H7F3N2/c1-4-5(7(8,9)10)2-3-6(11)12-4/h2-3H,1H3,(H2,11,12)/i2D,3D. The van der Waals surface area contributed by atoms with Crippen LogP contribution in [0.15, 0.2) is 12.1 Å². The lowest BCUT2D eigenvalue weighted by Crippen LogP contribution is -2.09. The summed E-state index contributed by atoms with van der Waals surface area (Å²) in [7, 11) is 0. The molecule has 66 valence electrons. The van der Waals surface area contributed by atoms with Crippen LogP contribution in [0.25, 0.3) is 0 Å². The van der Waals surface area contributed by atoms with Crippen LogP contribution in [-0.2, 0) is 6.18 Å². The number of anilines is 1. The van der Waals surface area contributed by atoms with Crippen LogP contribution in [0.1, 0.15) is 14.0 Å². The largest absolute Gasteiger partial charge is 0.418 e. The highest BCUT2D eigenvalue weighted by Crippen LogP contribution is 2.31. The lowest BCUT2D eigenvalue weighted by Gasteiger charge is -2.08. The summed E-state index contributed by atoms with van der Waals surface area (Å²) in [6, 6.07) is -1.62. The van der Waals surface area contributed by atoms with E-state index in [4.69, 9.17) is 8.48 Å². The minimum atomic E-state index is -4.67. The van der Waals surface area contributed by atoms with Crippen LogP contribution in [0.2, 0.25) is 0 Å². The van der Waals surface area contributed by atoms with Gasteiger partial charge >= 0.3 is 6.18 Å². The molecule has 5 heteroatoms. The van der Waals surface area contributed by atoms with Gasteiger partial charge in [0, 0.05) is 0 Å². The first-order chi connectivity index (χ1) is 6.25. The van der Waals surface area contributed by atoms with Crippen molar-refractivity contribution in [1.82, 2.24) is 4.98 Å². The van der Waals surface area contributed by atoms with Crippen molar-refractivity contribution in [3.63, 3.8) is 0 Å². The Labute approximate surface area is 70.0 Å². The number of aromatic nitrogens is 1. The van der Waals surface area contributed by atoms with Crippen molar-refractivity contribution in [3.8, 4) is 0 Å². The molecule has 0 bridgehead atoms. The van der Waals surface area contributed by atoms with Gasteiger partial charge in [-0.25, -0.2) is 4.98 Å². The summed E-state index contributed by atoms with van der Waals surface area (Å²) in [5.41, 5.74) is 3.57. The molecule has 1 heterocycles. The second-order valence-corrected chi connectivity index (χ2v) is 2.21. The van der Waals surface area contributed by atoms with Crippen LogP contribution in [0.3, 0.4) is 0 Å². The van der Waals surface area contributed by atoms with E-state index in [1.54, 1.807) is 0 Å². The molecule has 0 amide bonds. The maximum atomic E-state index is 12.3. The quantitative estimate of drug-likeness (QED) is 0.659. The molecule has 0 aliphatic carbocycles. The number of halogens is 3. The zero-order chi connectivity index (χ0) is 11.1.